The SMILES string of the molecule is COc1ccc2ccc(-c3ccccc3-n3cnc4ccccc43)cc2c1. The van der Waals surface area contributed by atoms with Crippen LogP contribution in [0.1, 0.15) is 0 Å². The van der Waals surface area contributed by atoms with Crippen molar-refractivity contribution in [1.82, 2.24) is 9.55 Å². The highest BCUT2D eigenvalue weighted by atomic mass is 16.5. The molecule has 27 heavy (non-hydrogen) atoms. The molecule has 0 radical (unpaired) electrons. The highest BCUT2D eigenvalue weighted by Gasteiger charge is 2.10. The number of nitrogens with zero attached hydrogens (tertiary/aromatic N) is 2. The number of hydrogen-bond acceptors (Lipinski definition) is 2. The normalized spacial score (nSPS) is 11.1. The first-order valence-corrected chi connectivity index (χ1v) is 8.93. The van der Waals surface area contributed by atoms with Gasteiger partial charge < -0.3 is 4.74 Å². The predicted octanol–water partition coefficient (Wildman–Crippen LogP) is 5.85. The second-order valence-corrected chi connectivity index (χ2v) is 6.55. The molecule has 0 saturated heterocycles. The van der Waals surface area contributed by atoms with Gasteiger partial charge in [0.25, 0.3) is 0 Å². The Morgan fingerprint density at radius 2 is 1.59 bits per heavy atom. The van der Waals surface area contributed by atoms with Crippen molar-refractivity contribution in [2.45, 2.75) is 0 Å². The van der Waals surface area contributed by atoms with E-state index in [1.165, 1.54) is 16.5 Å². The van der Waals surface area contributed by atoms with Gasteiger partial charge in [-0.15, -0.1) is 0 Å². The minimum Gasteiger partial charge on any atom is -0.497 e. The van der Waals surface area contributed by atoms with Gasteiger partial charge in [-0.25, -0.2) is 4.98 Å². The third-order valence-electron chi connectivity index (χ3n) is 4.98. The molecule has 0 fully saturated rings. The van der Waals surface area contributed by atoms with E-state index >= 15 is 0 Å². The van der Waals surface area contributed by atoms with Crippen molar-refractivity contribution in [2.24, 2.45) is 0 Å². The van der Waals surface area contributed by atoms with Gasteiger partial charge in [-0.05, 0) is 52.7 Å². The zero-order valence-electron chi connectivity index (χ0n) is 15.0. The number of benzene rings is 4. The van der Waals surface area contributed by atoms with E-state index in [4.69, 9.17) is 4.74 Å². The van der Waals surface area contributed by atoms with Crippen molar-refractivity contribution in [3.05, 3.63) is 91.3 Å². The van der Waals surface area contributed by atoms with Crippen molar-refractivity contribution >= 4 is 21.8 Å². The molecule has 5 rings (SSSR count). The minimum absolute atomic E-state index is 0.869. The molecule has 0 amide bonds. The molecule has 0 bridgehead atoms. The molecule has 130 valence electrons. The van der Waals surface area contributed by atoms with Gasteiger partial charge in [0.05, 0.1) is 23.8 Å². The van der Waals surface area contributed by atoms with E-state index in [0.717, 1.165) is 27.9 Å². The number of hydrogen-bond donors (Lipinski definition) is 0. The molecule has 0 atom stereocenters. The highest BCUT2D eigenvalue weighted by molar-refractivity contribution is 5.90. The Balaban J connectivity index is 1.71. The Morgan fingerprint density at radius 1 is 0.778 bits per heavy atom. The number of imidazole rings is 1. The quantitative estimate of drug-likeness (QED) is 0.408. The molecule has 3 heteroatoms. The molecule has 0 N–H and O–H groups in total. The van der Waals surface area contributed by atoms with Gasteiger partial charge in [0.1, 0.15) is 12.1 Å². The number of rotatable bonds is 3. The molecule has 0 unspecified atom stereocenters. The Hall–Kier alpha value is -3.59. The molecule has 0 spiro atoms. The monoisotopic (exact) mass is 350 g/mol. The molecule has 0 aliphatic heterocycles. The number of fused-ring (bicyclic) bond motifs is 2. The first-order chi connectivity index (χ1) is 13.3. The molecule has 1 aromatic heterocycles. The summed E-state index contributed by atoms with van der Waals surface area (Å²) in [6.07, 6.45) is 1.90. The van der Waals surface area contributed by atoms with Gasteiger partial charge in [0.2, 0.25) is 0 Å². The Labute approximate surface area is 157 Å². The van der Waals surface area contributed by atoms with E-state index in [-0.39, 0.29) is 0 Å². The molecule has 4 aromatic carbocycles. The van der Waals surface area contributed by atoms with E-state index in [9.17, 15) is 0 Å². The van der Waals surface area contributed by atoms with Crippen LogP contribution in [0.2, 0.25) is 0 Å². The summed E-state index contributed by atoms with van der Waals surface area (Å²) in [6, 6.07) is 29.4. The van der Waals surface area contributed by atoms with E-state index in [1.807, 2.05) is 30.6 Å². The molecule has 0 aliphatic rings. The standard InChI is InChI=1S/C24H18N2O/c1-27-20-13-12-17-10-11-18(14-19(17)15-20)21-6-2-4-8-23(21)26-16-25-22-7-3-5-9-24(22)26/h2-16H,1H3. The van der Waals surface area contributed by atoms with Crippen LogP contribution in [0.15, 0.2) is 91.3 Å². The molecule has 3 nitrogen and oxygen atoms in total. The fraction of sp³-hybridized carbons (Fsp3) is 0.0417. The molecular formula is C24H18N2O. The van der Waals surface area contributed by atoms with Crippen molar-refractivity contribution < 1.29 is 4.74 Å². The Kier molecular flexibility index (Phi) is 3.65. The first kappa shape index (κ1) is 15.6. The molecule has 1 heterocycles. The number of methoxy groups -OCH3 is 1. The summed E-state index contributed by atoms with van der Waals surface area (Å²) >= 11 is 0. The second kappa shape index (κ2) is 6.29. The molecular weight excluding hydrogens is 332 g/mol. The maximum Gasteiger partial charge on any atom is 0.119 e. The lowest BCUT2D eigenvalue weighted by molar-refractivity contribution is 0.415. The lowest BCUT2D eigenvalue weighted by atomic mass is 9.99. The zero-order valence-corrected chi connectivity index (χ0v) is 15.0. The molecule has 5 aromatic rings. The number of aromatic nitrogens is 2. The second-order valence-electron chi connectivity index (χ2n) is 6.55. The maximum atomic E-state index is 5.39. The van der Waals surface area contributed by atoms with E-state index in [2.05, 4.69) is 70.2 Å². The number of ether oxygens (including phenoxy) is 1. The molecule has 0 saturated carbocycles. The van der Waals surface area contributed by atoms with Crippen LogP contribution >= 0.6 is 0 Å². The van der Waals surface area contributed by atoms with Crippen LogP contribution < -0.4 is 4.74 Å². The van der Waals surface area contributed by atoms with Crippen LogP contribution in [0.5, 0.6) is 5.75 Å². The third-order valence-corrected chi connectivity index (χ3v) is 4.98. The summed E-state index contributed by atoms with van der Waals surface area (Å²) in [5.41, 5.74) is 5.56. The van der Waals surface area contributed by atoms with Crippen LogP contribution in [0, 0.1) is 0 Å². The van der Waals surface area contributed by atoms with Gasteiger partial charge in [-0.2, -0.15) is 0 Å². The lowest BCUT2D eigenvalue weighted by Gasteiger charge is -2.12. The summed E-state index contributed by atoms with van der Waals surface area (Å²) in [7, 11) is 1.70. The van der Waals surface area contributed by atoms with E-state index < -0.39 is 0 Å². The third kappa shape index (κ3) is 2.64. The predicted molar refractivity (Wildman–Crippen MR) is 111 cm³/mol. The van der Waals surface area contributed by atoms with Crippen LogP contribution in [-0.4, -0.2) is 16.7 Å². The average molecular weight is 350 g/mol. The summed E-state index contributed by atoms with van der Waals surface area (Å²) in [4.78, 5) is 4.55. The number of para-hydroxylation sites is 3. The van der Waals surface area contributed by atoms with Crippen molar-refractivity contribution in [3.63, 3.8) is 0 Å². The zero-order chi connectivity index (χ0) is 18.2. The van der Waals surface area contributed by atoms with Crippen molar-refractivity contribution in [3.8, 4) is 22.6 Å². The smallest absolute Gasteiger partial charge is 0.119 e. The van der Waals surface area contributed by atoms with Crippen LogP contribution in [0.4, 0.5) is 0 Å². The van der Waals surface area contributed by atoms with Gasteiger partial charge in [-0.3, -0.25) is 4.57 Å². The van der Waals surface area contributed by atoms with Crippen molar-refractivity contribution in [2.75, 3.05) is 7.11 Å². The summed E-state index contributed by atoms with van der Waals surface area (Å²) in [6.45, 7) is 0. The summed E-state index contributed by atoms with van der Waals surface area (Å²) < 4.78 is 7.54. The van der Waals surface area contributed by atoms with Gasteiger partial charge in [-0.1, -0.05) is 48.5 Å². The largest absolute Gasteiger partial charge is 0.497 e. The van der Waals surface area contributed by atoms with Gasteiger partial charge in [0, 0.05) is 5.56 Å². The Bertz CT molecular complexity index is 1270. The molecule has 0 aliphatic carbocycles. The average Bonchev–Trinajstić information content (AvgIpc) is 3.17. The minimum atomic E-state index is 0.869. The lowest BCUT2D eigenvalue weighted by Crippen LogP contribution is -1.95. The van der Waals surface area contributed by atoms with E-state index in [0.29, 0.717) is 0 Å². The fourth-order valence-electron chi connectivity index (χ4n) is 3.60. The van der Waals surface area contributed by atoms with Crippen LogP contribution in [0.25, 0.3) is 38.6 Å². The van der Waals surface area contributed by atoms with Crippen LogP contribution in [-0.2, 0) is 0 Å². The van der Waals surface area contributed by atoms with Gasteiger partial charge in [0.15, 0.2) is 0 Å². The van der Waals surface area contributed by atoms with Crippen molar-refractivity contribution in [1.29, 1.82) is 0 Å². The summed E-state index contributed by atoms with van der Waals surface area (Å²) in [5, 5.41) is 2.36. The summed E-state index contributed by atoms with van der Waals surface area (Å²) in [5.74, 6) is 0.869. The Morgan fingerprint density at radius 3 is 2.52 bits per heavy atom. The van der Waals surface area contributed by atoms with Crippen LogP contribution in [0.3, 0.4) is 0 Å². The topological polar surface area (TPSA) is 27.1 Å². The fourth-order valence-corrected chi connectivity index (χ4v) is 3.60. The van der Waals surface area contributed by atoms with Gasteiger partial charge >= 0.3 is 0 Å². The van der Waals surface area contributed by atoms with E-state index in [1.54, 1.807) is 7.11 Å². The highest BCUT2D eigenvalue weighted by Crippen LogP contribution is 2.32. The first-order valence-electron chi connectivity index (χ1n) is 8.93. The maximum absolute atomic E-state index is 5.39.